The first-order valence-corrected chi connectivity index (χ1v) is 11.6. The maximum Gasteiger partial charge on any atom is 0.408 e. The maximum atomic E-state index is 13.4. The molecule has 1 saturated carbocycles. The first-order valence-electron chi connectivity index (χ1n) is 11.6. The molecule has 2 amide bonds. The fraction of sp³-hybridized carbons (Fsp3) is 0.423. The highest BCUT2D eigenvalue weighted by atomic mass is 16.5. The van der Waals surface area contributed by atoms with Crippen molar-refractivity contribution in [2.24, 2.45) is 5.92 Å². The SMILES string of the molecule is CC(NC(=O)OCC1c2ccccc2-c2ccccc21)(C(=O)N1CCC[C@H]1C(=O)O)C1CC1. The van der Waals surface area contributed by atoms with E-state index in [9.17, 15) is 19.5 Å². The van der Waals surface area contributed by atoms with Gasteiger partial charge in [0.05, 0.1) is 0 Å². The Bertz CT molecular complexity index is 1070. The Hall–Kier alpha value is -3.35. The third kappa shape index (κ3) is 3.75. The Balaban J connectivity index is 1.30. The van der Waals surface area contributed by atoms with Gasteiger partial charge in [-0.25, -0.2) is 9.59 Å². The lowest BCUT2D eigenvalue weighted by Gasteiger charge is -2.35. The number of nitrogens with zero attached hydrogens (tertiary/aromatic N) is 1. The third-order valence-corrected chi connectivity index (χ3v) is 7.34. The van der Waals surface area contributed by atoms with Crippen LogP contribution in [0.4, 0.5) is 4.79 Å². The van der Waals surface area contributed by atoms with Crippen molar-refractivity contribution in [3.63, 3.8) is 0 Å². The third-order valence-electron chi connectivity index (χ3n) is 7.34. The molecule has 33 heavy (non-hydrogen) atoms. The van der Waals surface area contributed by atoms with Gasteiger partial charge in [-0.1, -0.05) is 48.5 Å². The topological polar surface area (TPSA) is 95.9 Å². The molecule has 1 aliphatic heterocycles. The largest absolute Gasteiger partial charge is 0.480 e. The summed E-state index contributed by atoms with van der Waals surface area (Å²) in [6.45, 7) is 2.26. The zero-order chi connectivity index (χ0) is 23.2. The number of likely N-dealkylation sites (tertiary alicyclic amines) is 1. The second kappa shape index (κ2) is 8.21. The van der Waals surface area contributed by atoms with Crippen LogP contribution in [-0.2, 0) is 14.3 Å². The average molecular weight is 449 g/mol. The molecule has 2 atom stereocenters. The standard InChI is InChI=1S/C26H28N2O5/c1-26(16-12-13-16,24(31)28-14-6-11-22(28)23(29)30)27-25(32)33-15-21-19-9-4-2-7-17(19)18-8-3-5-10-20(18)21/h2-5,7-10,16,21-22H,6,11-15H2,1H3,(H,27,32)(H,29,30)/t22-,26?/m0/s1. The molecule has 7 nitrogen and oxygen atoms in total. The van der Waals surface area contributed by atoms with Gasteiger partial charge in [0.2, 0.25) is 5.91 Å². The minimum Gasteiger partial charge on any atom is -0.480 e. The van der Waals surface area contributed by atoms with E-state index < -0.39 is 23.6 Å². The second-order valence-corrected chi connectivity index (χ2v) is 9.42. The predicted octanol–water partition coefficient (Wildman–Crippen LogP) is 3.77. The number of ether oxygens (including phenoxy) is 1. The molecule has 2 aromatic carbocycles. The second-order valence-electron chi connectivity index (χ2n) is 9.42. The van der Waals surface area contributed by atoms with E-state index >= 15 is 0 Å². The molecule has 7 heteroatoms. The van der Waals surface area contributed by atoms with Crippen molar-refractivity contribution in [2.75, 3.05) is 13.2 Å². The van der Waals surface area contributed by atoms with E-state index in [-0.39, 0.29) is 24.3 Å². The van der Waals surface area contributed by atoms with Gasteiger partial charge in [0.1, 0.15) is 18.2 Å². The summed E-state index contributed by atoms with van der Waals surface area (Å²) < 4.78 is 5.66. The number of amides is 2. The number of carboxylic acids is 1. The Labute approximate surface area is 192 Å². The summed E-state index contributed by atoms with van der Waals surface area (Å²) in [5.41, 5.74) is 3.37. The van der Waals surface area contributed by atoms with Crippen molar-refractivity contribution < 1.29 is 24.2 Å². The number of benzene rings is 2. The van der Waals surface area contributed by atoms with Crippen LogP contribution in [0.15, 0.2) is 48.5 Å². The normalized spacial score (nSPS) is 21.1. The molecule has 0 aromatic heterocycles. The van der Waals surface area contributed by atoms with Gasteiger partial charge in [0.25, 0.3) is 0 Å². The van der Waals surface area contributed by atoms with Crippen molar-refractivity contribution in [3.05, 3.63) is 59.7 Å². The van der Waals surface area contributed by atoms with E-state index in [0.717, 1.165) is 35.1 Å². The zero-order valence-corrected chi connectivity index (χ0v) is 18.6. The molecule has 0 spiro atoms. The molecule has 172 valence electrons. The average Bonchev–Trinajstić information content (AvgIpc) is 3.47. The number of rotatable bonds is 6. The van der Waals surface area contributed by atoms with Gasteiger partial charge in [-0.15, -0.1) is 0 Å². The summed E-state index contributed by atoms with van der Waals surface area (Å²) in [7, 11) is 0. The van der Waals surface area contributed by atoms with Crippen LogP contribution in [0.1, 0.15) is 49.7 Å². The quantitative estimate of drug-likeness (QED) is 0.701. The molecule has 3 aliphatic rings. The van der Waals surface area contributed by atoms with Crippen LogP contribution < -0.4 is 5.32 Å². The molecule has 0 bridgehead atoms. The number of carboxylic acid groups (broad SMARTS) is 1. The monoisotopic (exact) mass is 448 g/mol. The molecule has 1 saturated heterocycles. The van der Waals surface area contributed by atoms with Crippen LogP contribution in [0.5, 0.6) is 0 Å². The van der Waals surface area contributed by atoms with E-state index in [2.05, 4.69) is 29.6 Å². The maximum absolute atomic E-state index is 13.4. The van der Waals surface area contributed by atoms with Crippen LogP contribution in [0.3, 0.4) is 0 Å². The predicted molar refractivity (Wildman–Crippen MR) is 122 cm³/mol. The van der Waals surface area contributed by atoms with E-state index in [1.807, 2.05) is 24.3 Å². The van der Waals surface area contributed by atoms with Gasteiger partial charge < -0.3 is 20.1 Å². The molecule has 2 aliphatic carbocycles. The van der Waals surface area contributed by atoms with E-state index in [1.165, 1.54) is 4.90 Å². The highest BCUT2D eigenvalue weighted by molar-refractivity contribution is 5.93. The molecule has 1 unspecified atom stereocenters. The van der Waals surface area contributed by atoms with Crippen LogP contribution in [0.25, 0.3) is 11.1 Å². The van der Waals surface area contributed by atoms with Crippen molar-refractivity contribution >= 4 is 18.0 Å². The Morgan fingerprint density at radius 2 is 1.64 bits per heavy atom. The fourth-order valence-electron chi connectivity index (χ4n) is 5.40. The van der Waals surface area contributed by atoms with Gasteiger partial charge in [-0.3, -0.25) is 4.79 Å². The first-order chi connectivity index (χ1) is 15.9. The first kappa shape index (κ1) is 21.5. The summed E-state index contributed by atoms with van der Waals surface area (Å²) in [4.78, 5) is 39.3. The van der Waals surface area contributed by atoms with Crippen LogP contribution >= 0.6 is 0 Å². The highest BCUT2D eigenvalue weighted by Crippen LogP contribution is 2.45. The smallest absolute Gasteiger partial charge is 0.408 e. The molecule has 2 fully saturated rings. The van der Waals surface area contributed by atoms with E-state index in [1.54, 1.807) is 6.92 Å². The van der Waals surface area contributed by atoms with Crippen molar-refractivity contribution in [1.82, 2.24) is 10.2 Å². The summed E-state index contributed by atoms with van der Waals surface area (Å²) in [6, 6.07) is 15.4. The Morgan fingerprint density at radius 1 is 1.03 bits per heavy atom. The Morgan fingerprint density at radius 3 is 2.21 bits per heavy atom. The number of carbonyl (C=O) groups is 3. The van der Waals surface area contributed by atoms with Gasteiger partial charge in [-0.2, -0.15) is 0 Å². The molecule has 2 aromatic rings. The minimum atomic E-state index is -1.17. The lowest BCUT2D eigenvalue weighted by Crippen LogP contribution is -2.61. The van der Waals surface area contributed by atoms with Crippen LogP contribution in [0.2, 0.25) is 0 Å². The number of nitrogens with one attached hydrogen (secondary N) is 1. The van der Waals surface area contributed by atoms with Crippen molar-refractivity contribution in [1.29, 1.82) is 0 Å². The van der Waals surface area contributed by atoms with E-state index in [0.29, 0.717) is 19.4 Å². The van der Waals surface area contributed by atoms with E-state index in [4.69, 9.17) is 4.74 Å². The summed E-state index contributed by atoms with van der Waals surface area (Å²) in [6.07, 6.45) is 2.07. The molecule has 2 N–H and O–H groups in total. The van der Waals surface area contributed by atoms with Gasteiger partial charge in [0, 0.05) is 12.5 Å². The molecular formula is C26H28N2O5. The number of hydrogen-bond acceptors (Lipinski definition) is 4. The lowest BCUT2D eigenvalue weighted by atomic mass is 9.93. The number of alkyl carbamates (subject to hydrolysis) is 1. The number of fused-ring (bicyclic) bond motifs is 3. The van der Waals surface area contributed by atoms with Gasteiger partial charge >= 0.3 is 12.1 Å². The number of aliphatic carboxylic acids is 1. The molecular weight excluding hydrogens is 420 g/mol. The van der Waals surface area contributed by atoms with Crippen molar-refractivity contribution in [2.45, 2.75) is 50.1 Å². The number of carbonyl (C=O) groups excluding carboxylic acids is 2. The fourth-order valence-corrected chi connectivity index (χ4v) is 5.40. The summed E-state index contributed by atoms with van der Waals surface area (Å²) >= 11 is 0. The lowest BCUT2D eigenvalue weighted by molar-refractivity contribution is -0.151. The summed E-state index contributed by atoms with van der Waals surface area (Å²) in [5.74, 6) is -1.41. The van der Waals surface area contributed by atoms with Gasteiger partial charge in [0.15, 0.2) is 0 Å². The number of hydrogen-bond donors (Lipinski definition) is 2. The highest BCUT2D eigenvalue weighted by Gasteiger charge is 2.52. The van der Waals surface area contributed by atoms with Crippen molar-refractivity contribution in [3.8, 4) is 11.1 Å². The molecule has 1 heterocycles. The van der Waals surface area contributed by atoms with Crippen LogP contribution in [0, 0.1) is 5.92 Å². The zero-order valence-electron chi connectivity index (χ0n) is 18.6. The van der Waals surface area contributed by atoms with Crippen LogP contribution in [-0.4, -0.2) is 52.7 Å². The minimum absolute atomic E-state index is 0.0134. The summed E-state index contributed by atoms with van der Waals surface area (Å²) in [5, 5.41) is 12.3. The van der Waals surface area contributed by atoms with Gasteiger partial charge in [-0.05, 0) is 60.8 Å². The molecule has 5 rings (SSSR count). The Kier molecular flexibility index (Phi) is 5.35. The molecule has 0 radical (unpaired) electrons.